The van der Waals surface area contributed by atoms with Crippen molar-refractivity contribution in [1.82, 2.24) is 20.2 Å². The molecule has 2 aromatic rings. The molecular formula is C13H19N5O. The van der Waals surface area contributed by atoms with Gasteiger partial charge in [-0.1, -0.05) is 12.1 Å². The smallest absolute Gasteiger partial charge is 0.184 e. The number of nitrogens with two attached hydrogens (primary N) is 1. The lowest BCUT2D eigenvalue weighted by molar-refractivity contribution is 0.101. The average Bonchev–Trinajstić information content (AvgIpc) is 2.78. The Morgan fingerprint density at radius 1 is 1.37 bits per heavy atom. The standard InChI is InChI=1S/C13H19N5O/c1-9-6-5-7-10(14)11(9)12-15-16-17-18(12)13(2,3)8-19-4/h5-7H,8,14H2,1-4H3. The summed E-state index contributed by atoms with van der Waals surface area (Å²) < 4.78 is 6.99. The number of rotatable bonds is 4. The van der Waals surface area contributed by atoms with Gasteiger partial charge in [0.25, 0.3) is 0 Å². The van der Waals surface area contributed by atoms with E-state index in [0.717, 1.165) is 11.1 Å². The number of benzene rings is 1. The maximum Gasteiger partial charge on any atom is 0.184 e. The Hall–Kier alpha value is -1.95. The van der Waals surface area contributed by atoms with Crippen LogP contribution in [0.3, 0.4) is 0 Å². The third-order valence-corrected chi connectivity index (χ3v) is 3.07. The fourth-order valence-electron chi connectivity index (χ4n) is 2.16. The minimum Gasteiger partial charge on any atom is -0.398 e. The zero-order valence-electron chi connectivity index (χ0n) is 11.7. The first-order chi connectivity index (χ1) is 8.97. The molecule has 102 valence electrons. The SMILES string of the molecule is COCC(C)(C)n1nnnc1-c1c(C)cccc1N. The highest BCUT2D eigenvalue weighted by atomic mass is 16.5. The highest BCUT2D eigenvalue weighted by molar-refractivity contribution is 5.74. The number of hydrogen-bond acceptors (Lipinski definition) is 5. The molecule has 0 bridgehead atoms. The van der Waals surface area contributed by atoms with Gasteiger partial charge < -0.3 is 10.5 Å². The topological polar surface area (TPSA) is 78.8 Å². The zero-order valence-corrected chi connectivity index (χ0v) is 11.7. The van der Waals surface area contributed by atoms with Gasteiger partial charge in [0.15, 0.2) is 5.82 Å². The van der Waals surface area contributed by atoms with Gasteiger partial charge in [0.2, 0.25) is 0 Å². The summed E-state index contributed by atoms with van der Waals surface area (Å²) in [5.74, 6) is 0.664. The van der Waals surface area contributed by atoms with Gasteiger partial charge in [-0.3, -0.25) is 0 Å². The van der Waals surface area contributed by atoms with Crippen molar-refractivity contribution in [2.45, 2.75) is 26.3 Å². The molecule has 6 heteroatoms. The van der Waals surface area contributed by atoms with Gasteiger partial charge in [0.05, 0.1) is 12.1 Å². The minimum absolute atomic E-state index is 0.345. The Balaban J connectivity index is 2.57. The van der Waals surface area contributed by atoms with Crippen LogP contribution in [0, 0.1) is 6.92 Å². The van der Waals surface area contributed by atoms with Gasteiger partial charge in [0, 0.05) is 18.4 Å². The van der Waals surface area contributed by atoms with Crippen LogP contribution in [-0.2, 0) is 10.3 Å². The number of hydrogen-bond donors (Lipinski definition) is 1. The molecular weight excluding hydrogens is 242 g/mol. The number of anilines is 1. The van der Waals surface area contributed by atoms with Crippen molar-refractivity contribution in [3.05, 3.63) is 23.8 Å². The van der Waals surface area contributed by atoms with Crippen molar-refractivity contribution in [1.29, 1.82) is 0 Å². The first kappa shape index (κ1) is 13.5. The molecule has 1 aromatic carbocycles. The third kappa shape index (κ3) is 2.44. The lowest BCUT2D eigenvalue weighted by Crippen LogP contribution is -2.33. The van der Waals surface area contributed by atoms with E-state index in [9.17, 15) is 0 Å². The molecule has 1 heterocycles. The summed E-state index contributed by atoms with van der Waals surface area (Å²) in [6.07, 6.45) is 0. The number of aryl methyl sites for hydroxylation is 1. The van der Waals surface area contributed by atoms with Crippen molar-refractivity contribution in [2.24, 2.45) is 0 Å². The molecule has 1 aromatic heterocycles. The van der Waals surface area contributed by atoms with E-state index in [1.807, 2.05) is 39.0 Å². The normalized spacial score (nSPS) is 11.8. The van der Waals surface area contributed by atoms with E-state index in [2.05, 4.69) is 15.5 Å². The molecule has 0 saturated carbocycles. The molecule has 2 rings (SSSR count). The molecule has 0 aliphatic rings. The largest absolute Gasteiger partial charge is 0.398 e. The fraction of sp³-hybridized carbons (Fsp3) is 0.462. The summed E-state index contributed by atoms with van der Waals surface area (Å²) in [7, 11) is 1.66. The minimum atomic E-state index is -0.345. The molecule has 0 spiro atoms. The maximum absolute atomic E-state index is 6.06. The van der Waals surface area contributed by atoms with Crippen LogP contribution in [-0.4, -0.2) is 33.9 Å². The highest BCUT2D eigenvalue weighted by Crippen LogP contribution is 2.30. The average molecular weight is 261 g/mol. The second kappa shape index (κ2) is 4.97. The van der Waals surface area contributed by atoms with E-state index in [1.54, 1.807) is 11.8 Å². The molecule has 0 aliphatic heterocycles. The number of tetrazole rings is 1. The van der Waals surface area contributed by atoms with Gasteiger partial charge in [-0.15, -0.1) is 5.10 Å². The van der Waals surface area contributed by atoms with Crippen molar-refractivity contribution >= 4 is 5.69 Å². The molecule has 0 saturated heterocycles. The summed E-state index contributed by atoms with van der Waals surface area (Å²) in [5.41, 5.74) is 8.30. The van der Waals surface area contributed by atoms with Gasteiger partial charge in [-0.25, -0.2) is 4.68 Å². The van der Waals surface area contributed by atoms with Crippen LogP contribution in [0.2, 0.25) is 0 Å². The molecule has 6 nitrogen and oxygen atoms in total. The molecule has 0 radical (unpaired) electrons. The number of ether oxygens (including phenoxy) is 1. The Bertz CT molecular complexity index is 556. The van der Waals surface area contributed by atoms with Crippen LogP contribution in [0.4, 0.5) is 5.69 Å². The van der Waals surface area contributed by atoms with Crippen molar-refractivity contribution in [3.63, 3.8) is 0 Å². The number of aromatic nitrogens is 4. The first-order valence-electron chi connectivity index (χ1n) is 6.10. The van der Waals surface area contributed by atoms with Gasteiger partial charge in [0.1, 0.15) is 0 Å². The maximum atomic E-state index is 6.06. The van der Waals surface area contributed by atoms with E-state index in [-0.39, 0.29) is 5.54 Å². The third-order valence-electron chi connectivity index (χ3n) is 3.07. The Morgan fingerprint density at radius 3 is 2.74 bits per heavy atom. The second-order valence-electron chi connectivity index (χ2n) is 5.20. The van der Waals surface area contributed by atoms with E-state index in [1.165, 1.54) is 0 Å². The summed E-state index contributed by atoms with van der Waals surface area (Å²) >= 11 is 0. The quantitative estimate of drug-likeness (QED) is 0.846. The van der Waals surface area contributed by atoms with Crippen LogP contribution >= 0.6 is 0 Å². The zero-order chi connectivity index (χ0) is 14.0. The van der Waals surface area contributed by atoms with Crippen molar-refractivity contribution in [3.8, 4) is 11.4 Å². The lowest BCUT2D eigenvalue weighted by Gasteiger charge is -2.25. The Morgan fingerprint density at radius 2 is 2.11 bits per heavy atom. The van der Waals surface area contributed by atoms with Gasteiger partial charge in [-0.05, 0) is 42.8 Å². The molecule has 0 fully saturated rings. The molecule has 0 amide bonds. The van der Waals surface area contributed by atoms with Gasteiger partial charge >= 0.3 is 0 Å². The van der Waals surface area contributed by atoms with E-state index in [0.29, 0.717) is 18.1 Å². The summed E-state index contributed by atoms with van der Waals surface area (Å²) in [6.45, 7) is 6.54. The summed E-state index contributed by atoms with van der Waals surface area (Å²) in [5, 5.41) is 12.0. The number of nitrogens with zero attached hydrogens (tertiary/aromatic N) is 4. The molecule has 0 unspecified atom stereocenters. The second-order valence-corrected chi connectivity index (χ2v) is 5.20. The first-order valence-corrected chi connectivity index (χ1v) is 6.10. The van der Waals surface area contributed by atoms with Crippen LogP contribution < -0.4 is 5.73 Å². The van der Waals surface area contributed by atoms with E-state index in [4.69, 9.17) is 10.5 Å². The lowest BCUT2D eigenvalue weighted by atomic mass is 10.0. The molecule has 0 aliphatic carbocycles. The predicted octanol–water partition coefficient (Wildman–Crippen LogP) is 1.61. The van der Waals surface area contributed by atoms with E-state index < -0.39 is 0 Å². The Kier molecular flexibility index (Phi) is 3.53. The van der Waals surface area contributed by atoms with E-state index >= 15 is 0 Å². The van der Waals surface area contributed by atoms with Crippen molar-refractivity contribution in [2.75, 3.05) is 19.5 Å². The predicted molar refractivity (Wildman–Crippen MR) is 73.6 cm³/mol. The van der Waals surface area contributed by atoms with Crippen LogP contribution in [0.25, 0.3) is 11.4 Å². The monoisotopic (exact) mass is 261 g/mol. The van der Waals surface area contributed by atoms with Gasteiger partial charge in [-0.2, -0.15) is 0 Å². The van der Waals surface area contributed by atoms with Crippen molar-refractivity contribution < 1.29 is 4.74 Å². The molecule has 19 heavy (non-hydrogen) atoms. The number of nitrogen functional groups attached to an aromatic ring is 1. The number of methoxy groups -OCH3 is 1. The summed E-state index contributed by atoms with van der Waals surface area (Å²) in [6, 6.07) is 5.77. The Labute approximate surface area is 112 Å². The summed E-state index contributed by atoms with van der Waals surface area (Å²) in [4.78, 5) is 0. The van der Waals surface area contributed by atoms with Crippen LogP contribution in [0.5, 0.6) is 0 Å². The van der Waals surface area contributed by atoms with Crippen LogP contribution in [0.1, 0.15) is 19.4 Å². The fourth-order valence-corrected chi connectivity index (χ4v) is 2.16. The molecule has 0 atom stereocenters. The molecule has 2 N–H and O–H groups in total. The highest BCUT2D eigenvalue weighted by Gasteiger charge is 2.27. The van der Waals surface area contributed by atoms with Crippen LogP contribution in [0.15, 0.2) is 18.2 Å².